The highest BCUT2D eigenvalue weighted by atomic mass is 17.1. The molecule has 0 unspecified atom stereocenters. The normalized spacial score (nSPS) is 11.7. The molecule has 0 radical (unpaired) electrons. The second-order valence-corrected chi connectivity index (χ2v) is 3.65. The Morgan fingerprint density at radius 1 is 1.23 bits per heavy atom. The molecule has 0 aromatic heterocycles. The Balaban J connectivity index is 2.92. The molecule has 1 aromatic carbocycles. The molecular formula is C11H16O2. The van der Waals surface area contributed by atoms with Crippen LogP contribution in [0.3, 0.4) is 0 Å². The van der Waals surface area contributed by atoms with Crippen LogP contribution in [0.15, 0.2) is 24.3 Å². The smallest absolute Gasteiger partial charge is 0.123 e. The quantitative estimate of drug-likeness (QED) is 0.572. The van der Waals surface area contributed by atoms with Gasteiger partial charge < -0.3 is 0 Å². The highest BCUT2D eigenvalue weighted by molar-refractivity contribution is 5.26. The summed E-state index contributed by atoms with van der Waals surface area (Å²) in [6.07, 6.45) is 1.03. The summed E-state index contributed by atoms with van der Waals surface area (Å²) < 4.78 is 0. The molecule has 2 heteroatoms. The first-order chi connectivity index (χ1) is 6.10. The molecule has 72 valence electrons. The van der Waals surface area contributed by atoms with E-state index in [1.54, 1.807) is 0 Å². The molecule has 0 aliphatic rings. The van der Waals surface area contributed by atoms with Gasteiger partial charge in [-0.05, 0) is 31.4 Å². The standard InChI is InChI=1S/C11H16O2/c1-4-9-5-7-10(8-6-9)11(2,3)13-12/h5-8,12H,4H2,1-3H3. The highest BCUT2D eigenvalue weighted by Gasteiger charge is 2.20. The number of benzene rings is 1. The Hall–Kier alpha value is -0.860. The second-order valence-electron chi connectivity index (χ2n) is 3.65. The van der Waals surface area contributed by atoms with Gasteiger partial charge in [-0.1, -0.05) is 31.2 Å². The topological polar surface area (TPSA) is 29.5 Å². The van der Waals surface area contributed by atoms with Crippen LogP contribution in [0.4, 0.5) is 0 Å². The molecule has 13 heavy (non-hydrogen) atoms. The van der Waals surface area contributed by atoms with E-state index >= 15 is 0 Å². The summed E-state index contributed by atoms with van der Waals surface area (Å²) >= 11 is 0. The van der Waals surface area contributed by atoms with Gasteiger partial charge in [0.1, 0.15) is 5.60 Å². The van der Waals surface area contributed by atoms with Gasteiger partial charge >= 0.3 is 0 Å². The van der Waals surface area contributed by atoms with Crippen molar-refractivity contribution in [1.82, 2.24) is 0 Å². The van der Waals surface area contributed by atoms with Crippen LogP contribution in [0.25, 0.3) is 0 Å². The molecule has 1 N–H and O–H groups in total. The molecule has 0 amide bonds. The van der Waals surface area contributed by atoms with Gasteiger partial charge in [-0.25, -0.2) is 4.89 Å². The van der Waals surface area contributed by atoms with Crippen molar-refractivity contribution in [3.8, 4) is 0 Å². The van der Waals surface area contributed by atoms with Gasteiger partial charge in [0.05, 0.1) is 0 Å². The maximum Gasteiger partial charge on any atom is 0.123 e. The van der Waals surface area contributed by atoms with Crippen LogP contribution >= 0.6 is 0 Å². The Morgan fingerprint density at radius 2 is 1.77 bits per heavy atom. The summed E-state index contributed by atoms with van der Waals surface area (Å²) in [5.74, 6) is 0. The van der Waals surface area contributed by atoms with Crippen molar-refractivity contribution < 1.29 is 10.1 Å². The third-order valence-corrected chi connectivity index (χ3v) is 2.29. The number of rotatable bonds is 3. The van der Waals surface area contributed by atoms with Crippen LogP contribution in [-0.4, -0.2) is 5.26 Å². The van der Waals surface area contributed by atoms with E-state index in [4.69, 9.17) is 5.26 Å². The molecule has 0 saturated carbocycles. The zero-order valence-electron chi connectivity index (χ0n) is 8.37. The van der Waals surface area contributed by atoms with Crippen LogP contribution in [0.1, 0.15) is 31.9 Å². The predicted octanol–water partition coefficient (Wildman–Crippen LogP) is 2.97. The van der Waals surface area contributed by atoms with E-state index < -0.39 is 5.60 Å². The molecule has 0 fully saturated rings. The molecule has 0 heterocycles. The molecule has 0 spiro atoms. The van der Waals surface area contributed by atoms with Gasteiger partial charge in [-0.3, -0.25) is 5.26 Å². The summed E-state index contributed by atoms with van der Waals surface area (Å²) in [7, 11) is 0. The van der Waals surface area contributed by atoms with E-state index in [-0.39, 0.29) is 0 Å². The largest absolute Gasteiger partial charge is 0.251 e. The van der Waals surface area contributed by atoms with Crippen LogP contribution in [-0.2, 0) is 16.9 Å². The van der Waals surface area contributed by atoms with Gasteiger partial charge in [0.25, 0.3) is 0 Å². The van der Waals surface area contributed by atoms with E-state index in [1.807, 2.05) is 26.0 Å². The third-order valence-electron chi connectivity index (χ3n) is 2.29. The van der Waals surface area contributed by atoms with Crippen LogP contribution in [0, 0.1) is 0 Å². The van der Waals surface area contributed by atoms with Crippen molar-refractivity contribution in [3.63, 3.8) is 0 Å². The number of aryl methyl sites for hydroxylation is 1. The van der Waals surface area contributed by atoms with E-state index in [9.17, 15) is 0 Å². The molecule has 0 aliphatic heterocycles. The average molecular weight is 180 g/mol. The van der Waals surface area contributed by atoms with E-state index in [0.717, 1.165) is 12.0 Å². The molecule has 0 atom stereocenters. The first kappa shape index (κ1) is 10.2. The lowest BCUT2D eigenvalue weighted by molar-refractivity contribution is -0.318. The van der Waals surface area contributed by atoms with Crippen molar-refractivity contribution in [2.75, 3.05) is 0 Å². The highest BCUT2D eigenvalue weighted by Crippen LogP contribution is 2.23. The molecule has 0 saturated heterocycles. The first-order valence-electron chi connectivity index (χ1n) is 4.52. The van der Waals surface area contributed by atoms with Crippen LogP contribution < -0.4 is 0 Å². The molecule has 1 aromatic rings. The maximum atomic E-state index is 8.67. The number of hydrogen-bond acceptors (Lipinski definition) is 2. The van der Waals surface area contributed by atoms with E-state index in [0.29, 0.717) is 0 Å². The van der Waals surface area contributed by atoms with Crippen molar-refractivity contribution in [2.24, 2.45) is 0 Å². The number of hydrogen-bond donors (Lipinski definition) is 1. The first-order valence-corrected chi connectivity index (χ1v) is 4.52. The lowest BCUT2D eigenvalue weighted by Gasteiger charge is -2.20. The van der Waals surface area contributed by atoms with Crippen LogP contribution in [0.5, 0.6) is 0 Å². The summed E-state index contributed by atoms with van der Waals surface area (Å²) in [6.45, 7) is 5.77. The summed E-state index contributed by atoms with van der Waals surface area (Å²) in [4.78, 5) is 4.40. The average Bonchev–Trinajstić information content (AvgIpc) is 2.18. The monoisotopic (exact) mass is 180 g/mol. The van der Waals surface area contributed by atoms with Gasteiger partial charge in [-0.15, -0.1) is 0 Å². The van der Waals surface area contributed by atoms with E-state index in [1.165, 1.54) is 5.56 Å². The third kappa shape index (κ3) is 2.29. The Bertz CT molecular complexity index is 262. The van der Waals surface area contributed by atoms with Crippen molar-refractivity contribution >= 4 is 0 Å². The summed E-state index contributed by atoms with van der Waals surface area (Å²) in [5, 5.41) is 8.67. The molecule has 2 nitrogen and oxygen atoms in total. The fraction of sp³-hybridized carbons (Fsp3) is 0.455. The Labute approximate surface area is 79.1 Å². The minimum absolute atomic E-state index is 0.619. The van der Waals surface area contributed by atoms with Gasteiger partial charge in [0, 0.05) is 0 Å². The minimum Gasteiger partial charge on any atom is -0.251 e. The van der Waals surface area contributed by atoms with E-state index in [2.05, 4.69) is 23.9 Å². The summed E-state index contributed by atoms with van der Waals surface area (Å²) in [6, 6.07) is 8.07. The molecule has 0 aliphatic carbocycles. The van der Waals surface area contributed by atoms with Gasteiger partial charge in [0.15, 0.2) is 0 Å². The van der Waals surface area contributed by atoms with Crippen LogP contribution in [0.2, 0.25) is 0 Å². The minimum atomic E-state index is -0.619. The van der Waals surface area contributed by atoms with Crippen molar-refractivity contribution in [2.45, 2.75) is 32.8 Å². The molecule has 1 rings (SSSR count). The fourth-order valence-electron chi connectivity index (χ4n) is 1.19. The molecular weight excluding hydrogens is 164 g/mol. The Kier molecular flexibility index (Phi) is 3.07. The van der Waals surface area contributed by atoms with Gasteiger partial charge in [-0.2, -0.15) is 0 Å². The lowest BCUT2D eigenvalue weighted by atomic mass is 9.97. The zero-order chi connectivity index (χ0) is 9.90. The fourth-order valence-corrected chi connectivity index (χ4v) is 1.19. The predicted molar refractivity (Wildman–Crippen MR) is 52.6 cm³/mol. The maximum absolute atomic E-state index is 8.67. The summed E-state index contributed by atoms with van der Waals surface area (Å²) in [5.41, 5.74) is 1.65. The Morgan fingerprint density at radius 3 is 2.15 bits per heavy atom. The SMILES string of the molecule is CCc1ccc(C(C)(C)OO)cc1. The van der Waals surface area contributed by atoms with Gasteiger partial charge in [0.2, 0.25) is 0 Å². The lowest BCUT2D eigenvalue weighted by Crippen LogP contribution is -2.19. The van der Waals surface area contributed by atoms with Crippen molar-refractivity contribution in [1.29, 1.82) is 0 Å². The zero-order valence-corrected chi connectivity index (χ0v) is 8.37. The van der Waals surface area contributed by atoms with Crippen molar-refractivity contribution in [3.05, 3.63) is 35.4 Å². The second kappa shape index (κ2) is 3.90. The molecule has 0 bridgehead atoms.